The molecule has 6 nitrogen and oxygen atoms in total. The van der Waals surface area contributed by atoms with E-state index in [1.807, 2.05) is 0 Å². The van der Waals surface area contributed by atoms with Crippen LogP contribution in [0, 0.1) is 5.92 Å². The molecule has 1 aromatic heterocycles. The summed E-state index contributed by atoms with van der Waals surface area (Å²) in [6.07, 6.45) is 4.31. The number of nitrogen functional groups attached to an aromatic ring is 1. The van der Waals surface area contributed by atoms with Gasteiger partial charge in [0.15, 0.2) is 0 Å². The molecule has 0 radical (unpaired) electrons. The van der Waals surface area contributed by atoms with E-state index in [1.165, 1.54) is 12.3 Å². The van der Waals surface area contributed by atoms with Crippen molar-refractivity contribution < 1.29 is 8.42 Å². The Kier molecular flexibility index (Phi) is 5.43. The number of pyridine rings is 1. The minimum atomic E-state index is -3.57. The first-order chi connectivity index (χ1) is 9.88. The van der Waals surface area contributed by atoms with Gasteiger partial charge in [-0.1, -0.05) is 11.6 Å². The predicted molar refractivity (Wildman–Crippen MR) is 83.7 cm³/mol. The van der Waals surface area contributed by atoms with Crippen LogP contribution in [0.4, 0.5) is 5.82 Å². The molecule has 0 bridgehead atoms. The molecule has 1 aliphatic rings. The Morgan fingerprint density at radius 1 is 1.48 bits per heavy atom. The summed E-state index contributed by atoms with van der Waals surface area (Å²) in [6, 6.07) is 1.32. The lowest BCUT2D eigenvalue weighted by Gasteiger charge is -2.28. The van der Waals surface area contributed by atoms with Crippen LogP contribution in [-0.2, 0) is 10.0 Å². The summed E-state index contributed by atoms with van der Waals surface area (Å²) in [6.45, 7) is 2.59. The Labute approximate surface area is 130 Å². The van der Waals surface area contributed by atoms with Gasteiger partial charge in [-0.25, -0.2) is 18.1 Å². The number of sulfonamides is 1. The van der Waals surface area contributed by atoms with Gasteiger partial charge < -0.3 is 10.6 Å². The maximum Gasteiger partial charge on any atom is 0.242 e. The van der Waals surface area contributed by atoms with Gasteiger partial charge in [0.05, 0.1) is 5.02 Å². The highest BCUT2D eigenvalue weighted by Crippen LogP contribution is 2.21. The Hall–Kier alpha value is -0.890. The van der Waals surface area contributed by atoms with Gasteiger partial charge in [-0.3, -0.25) is 0 Å². The molecule has 0 saturated carbocycles. The average Bonchev–Trinajstić information content (AvgIpc) is 2.44. The van der Waals surface area contributed by atoms with Gasteiger partial charge in [0.2, 0.25) is 10.0 Å². The number of aromatic nitrogens is 1. The molecule has 0 unspecified atom stereocenters. The summed E-state index contributed by atoms with van der Waals surface area (Å²) in [4.78, 5) is 6.11. The van der Waals surface area contributed by atoms with Gasteiger partial charge in [-0.2, -0.15) is 0 Å². The molecule has 2 rings (SSSR count). The fraction of sp³-hybridized carbons (Fsp3) is 0.615. The summed E-state index contributed by atoms with van der Waals surface area (Å²) in [5.74, 6) is 0.707. The van der Waals surface area contributed by atoms with E-state index in [1.54, 1.807) is 0 Å². The van der Waals surface area contributed by atoms with Gasteiger partial charge in [0.1, 0.15) is 10.7 Å². The second-order valence-corrected chi connectivity index (χ2v) is 7.65. The first-order valence-corrected chi connectivity index (χ1v) is 8.84. The number of halogens is 1. The summed E-state index contributed by atoms with van der Waals surface area (Å²) in [7, 11) is -1.47. The number of nitrogens with zero attached hydrogens (tertiary/aromatic N) is 2. The fourth-order valence-corrected chi connectivity index (χ4v) is 3.66. The minimum Gasteiger partial charge on any atom is -0.382 e. The molecule has 21 heavy (non-hydrogen) atoms. The molecule has 118 valence electrons. The SMILES string of the molecule is CN1CCC(CCNS(=O)(=O)c2cnc(N)c(Cl)c2)CC1. The highest BCUT2D eigenvalue weighted by atomic mass is 35.5. The van der Waals surface area contributed by atoms with Gasteiger partial charge in [0.25, 0.3) is 0 Å². The molecule has 3 N–H and O–H groups in total. The lowest BCUT2D eigenvalue weighted by atomic mass is 9.94. The zero-order valence-electron chi connectivity index (χ0n) is 12.0. The number of anilines is 1. The van der Waals surface area contributed by atoms with Gasteiger partial charge in [-0.05, 0) is 51.4 Å². The highest BCUT2D eigenvalue weighted by Gasteiger charge is 2.19. The second kappa shape index (κ2) is 6.91. The lowest BCUT2D eigenvalue weighted by molar-refractivity contribution is 0.213. The number of likely N-dealkylation sites (tertiary alicyclic amines) is 1. The molecule has 8 heteroatoms. The number of hydrogen-bond donors (Lipinski definition) is 2. The van der Waals surface area contributed by atoms with Crippen LogP contribution < -0.4 is 10.5 Å². The Morgan fingerprint density at radius 3 is 2.76 bits per heavy atom. The summed E-state index contributed by atoms with van der Waals surface area (Å²) in [5.41, 5.74) is 5.48. The van der Waals surface area contributed by atoms with Crippen molar-refractivity contribution in [2.24, 2.45) is 5.92 Å². The van der Waals surface area contributed by atoms with Crippen LogP contribution >= 0.6 is 11.6 Å². The monoisotopic (exact) mass is 332 g/mol. The minimum absolute atomic E-state index is 0.0464. The third-order valence-corrected chi connectivity index (χ3v) is 5.57. The first-order valence-electron chi connectivity index (χ1n) is 6.98. The summed E-state index contributed by atoms with van der Waals surface area (Å²) >= 11 is 5.80. The largest absolute Gasteiger partial charge is 0.382 e. The lowest BCUT2D eigenvalue weighted by Crippen LogP contribution is -2.32. The summed E-state index contributed by atoms with van der Waals surface area (Å²) < 4.78 is 26.9. The van der Waals surface area contributed by atoms with Crippen molar-refractivity contribution in [1.82, 2.24) is 14.6 Å². The molecular weight excluding hydrogens is 312 g/mol. The molecule has 2 heterocycles. The van der Waals surface area contributed by atoms with E-state index in [0.29, 0.717) is 12.5 Å². The molecule has 1 aliphatic heterocycles. The van der Waals surface area contributed by atoms with Crippen LogP contribution in [0.5, 0.6) is 0 Å². The van der Waals surface area contributed by atoms with Crippen LogP contribution in [0.1, 0.15) is 19.3 Å². The topological polar surface area (TPSA) is 88.3 Å². The third-order valence-electron chi connectivity index (χ3n) is 3.84. The van der Waals surface area contributed by atoms with Gasteiger partial charge in [0, 0.05) is 12.7 Å². The van der Waals surface area contributed by atoms with E-state index in [4.69, 9.17) is 17.3 Å². The first kappa shape index (κ1) is 16.5. The van der Waals surface area contributed by atoms with Crippen molar-refractivity contribution in [2.75, 3.05) is 32.4 Å². The van der Waals surface area contributed by atoms with Crippen molar-refractivity contribution in [3.63, 3.8) is 0 Å². The van der Waals surface area contributed by atoms with Crippen molar-refractivity contribution in [1.29, 1.82) is 0 Å². The van der Waals surface area contributed by atoms with E-state index in [9.17, 15) is 8.42 Å². The van der Waals surface area contributed by atoms with Gasteiger partial charge >= 0.3 is 0 Å². The van der Waals surface area contributed by atoms with Crippen LogP contribution in [0.25, 0.3) is 0 Å². The molecule has 0 amide bonds. The van der Waals surface area contributed by atoms with Crippen LogP contribution in [0.2, 0.25) is 5.02 Å². The maximum absolute atomic E-state index is 12.1. The maximum atomic E-state index is 12.1. The Bertz CT molecular complexity index is 586. The van der Waals surface area contributed by atoms with E-state index in [0.717, 1.165) is 32.4 Å². The number of nitrogens with two attached hydrogens (primary N) is 1. The molecule has 0 spiro atoms. The average molecular weight is 333 g/mol. The quantitative estimate of drug-likeness (QED) is 0.849. The smallest absolute Gasteiger partial charge is 0.242 e. The third kappa shape index (κ3) is 4.54. The molecule has 1 saturated heterocycles. The van der Waals surface area contributed by atoms with Crippen molar-refractivity contribution in [2.45, 2.75) is 24.2 Å². The van der Waals surface area contributed by atoms with E-state index in [-0.39, 0.29) is 15.7 Å². The molecule has 0 atom stereocenters. The van der Waals surface area contributed by atoms with E-state index < -0.39 is 10.0 Å². The summed E-state index contributed by atoms with van der Waals surface area (Å²) in [5, 5.41) is 0.146. The predicted octanol–water partition coefficient (Wildman–Crippen LogP) is 1.33. The van der Waals surface area contributed by atoms with Crippen molar-refractivity contribution in [3.8, 4) is 0 Å². The number of hydrogen-bond acceptors (Lipinski definition) is 5. The zero-order chi connectivity index (χ0) is 15.5. The van der Waals surface area contributed by atoms with Crippen LogP contribution in [0.15, 0.2) is 17.2 Å². The van der Waals surface area contributed by atoms with E-state index >= 15 is 0 Å². The molecule has 0 aromatic carbocycles. The number of rotatable bonds is 5. The van der Waals surface area contributed by atoms with Crippen LogP contribution in [0.3, 0.4) is 0 Å². The van der Waals surface area contributed by atoms with Crippen molar-refractivity contribution in [3.05, 3.63) is 17.3 Å². The van der Waals surface area contributed by atoms with Gasteiger partial charge in [-0.15, -0.1) is 0 Å². The standard InChI is InChI=1S/C13H21ClN4O2S/c1-18-6-3-10(4-7-18)2-5-17-21(19,20)11-8-12(14)13(15)16-9-11/h8-10,17H,2-7H2,1H3,(H2,15,16). The van der Waals surface area contributed by atoms with Crippen molar-refractivity contribution >= 4 is 27.4 Å². The highest BCUT2D eigenvalue weighted by molar-refractivity contribution is 7.89. The molecule has 1 fully saturated rings. The fourth-order valence-electron chi connectivity index (χ4n) is 2.41. The Morgan fingerprint density at radius 2 is 2.14 bits per heavy atom. The van der Waals surface area contributed by atoms with Crippen LogP contribution in [-0.4, -0.2) is 45.0 Å². The molecular formula is C13H21ClN4O2S. The molecule has 0 aliphatic carbocycles. The number of nitrogens with one attached hydrogen (secondary N) is 1. The normalized spacial score (nSPS) is 18.0. The zero-order valence-corrected chi connectivity index (χ0v) is 13.6. The number of piperidine rings is 1. The second-order valence-electron chi connectivity index (χ2n) is 5.47. The molecule has 1 aromatic rings. The Balaban J connectivity index is 1.88. The van der Waals surface area contributed by atoms with E-state index in [2.05, 4.69) is 21.7 Å².